The quantitative estimate of drug-likeness (QED) is 0.672. The van der Waals surface area contributed by atoms with Crippen LogP contribution in [-0.4, -0.2) is 5.91 Å². The summed E-state index contributed by atoms with van der Waals surface area (Å²) in [6, 6.07) is 6.08. The Morgan fingerprint density at radius 2 is 2.09 bits per heavy atom. The van der Waals surface area contributed by atoms with Gasteiger partial charge in [0.1, 0.15) is 5.82 Å². The van der Waals surface area contributed by atoms with Crippen molar-refractivity contribution in [1.82, 2.24) is 0 Å². The van der Waals surface area contributed by atoms with Gasteiger partial charge in [0.15, 0.2) is 0 Å². The first-order valence-electron chi connectivity index (χ1n) is 3.22. The summed E-state index contributed by atoms with van der Waals surface area (Å²) in [7, 11) is 0. The van der Waals surface area contributed by atoms with E-state index in [9.17, 15) is 9.18 Å². The first-order chi connectivity index (χ1) is 5.20. The average Bonchev–Trinajstić information content (AvgIpc) is 1.93. The van der Waals surface area contributed by atoms with Crippen molar-refractivity contribution in [3.8, 4) is 0 Å². The van der Waals surface area contributed by atoms with Crippen LogP contribution in [0.1, 0.15) is 5.56 Å². The fraction of sp³-hybridized carbons (Fsp3) is 0.125. The molecule has 0 aliphatic rings. The highest BCUT2D eigenvalue weighted by molar-refractivity contribution is 5.76. The maximum Gasteiger partial charge on any atom is 0.221 e. The molecule has 1 aromatic rings. The van der Waals surface area contributed by atoms with Gasteiger partial charge in [-0.15, -0.1) is 0 Å². The molecule has 2 N–H and O–H groups in total. The highest BCUT2D eigenvalue weighted by Crippen LogP contribution is 2.05. The normalized spacial score (nSPS) is 9.55. The number of hydrogen-bond donors (Lipinski definition) is 1. The van der Waals surface area contributed by atoms with Crippen molar-refractivity contribution in [2.45, 2.75) is 6.42 Å². The molecule has 0 atom stereocenters. The number of hydrogen-bond acceptors (Lipinski definition) is 1. The van der Waals surface area contributed by atoms with Gasteiger partial charge >= 0.3 is 0 Å². The standard InChI is InChI=1S/C8H8FNO/c9-7-4-2-1-3-6(7)5-8(10)11/h1-4H,5H2,(H2,10,11). The largest absolute Gasteiger partial charge is 0.369 e. The van der Waals surface area contributed by atoms with E-state index in [2.05, 4.69) is 0 Å². The summed E-state index contributed by atoms with van der Waals surface area (Å²) in [4.78, 5) is 10.4. The Balaban J connectivity index is 2.86. The molecular weight excluding hydrogens is 145 g/mol. The predicted octanol–water partition coefficient (Wildman–Crippen LogP) is 0.853. The summed E-state index contributed by atoms with van der Waals surface area (Å²) in [5, 5.41) is 0. The zero-order chi connectivity index (χ0) is 8.27. The molecule has 1 amide bonds. The summed E-state index contributed by atoms with van der Waals surface area (Å²) >= 11 is 0. The molecule has 1 aromatic carbocycles. The molecule has 0 bridgehead atoms. The molecule has 0 fully saturated rings. The Hall–Kier alpha value is -1.38. The van der Waals surface area contributed by atoms with E-state index in [1.54, 1.807) is 18.2 Å². The van der Waals surface area contributed by atoms with Crippen molar-refractivity contribution in [2.24, 2.45) is 5.73 Å². The van der Waals surface area contributed by atoms with E-state index in [-0.39, 0.29) is 12.2 Å². The molecule has 0 saturated heterocycles. The van der Waals surface area contributed by atoms with Crippen molar-refractivity contribution in [2.75, 3.05) is 0 Å². The van der Waals surface area contributed by atoms with Crippen LogP contribution in [0.15, 0.2) is 24.3 Å². The van der Waals surface area contributed by atoms with E-state index in [0.717, 1.165) is 0 Å². The van der Waals surface area contributed by atoms with Gasteiger partial charge < -0.3 is 5.73 Å². The van der Waals surface area contributed by atoms with Gasteiger partial charge in [-0.25, -0.2) is 4.39 Å². The molecule has 0 saturated carbocycles. The van der Waals surface area contributed by atoms with Gasteiger partial charge in [0.05, 0.1) is 6.42 Å². The lowest BCUT2D eigenvalue weighted by atomic mass is 10.1. The Kier molecular flexibility index (Phi) is 2.21. The second-order valence-electron chi connectivity index (χ2n) is 2.23. The molecule has 0 heterocycles. The fourth-order valence-electron chi connectivity index (χ4n) is 0.829. The van der Waals surface area contributed by atoms with Gasteiger partial charge in [-0.05, 0) is 11.6 Å². The Labute approximate surface area is 63.8 Å². The van der Waals surface area contributed by atoms with Gasteiger partial charge in [-0.3, -0.25) is 4.79 Å². The number of carbonyl (C=O) groups excluding carboxylic acids is 1. The Morgan fingerprint density at radius 3 is 2.64 bits per heavy atom. The number of primary amides is 1. The van der Waals surface area contributed by atoms with Gasteiger partial charge in [0.25, 0.3) is 0 Å². The summed E-state index contributed by atoms with van der Waals surface area (Å²) < 4.78 is 12.7. The van der Waals surface area contributed by atoms with E-state index in [1.807, 2.05) is 0 Å². The first kappa shape index (κ1) is 7.72. The van der Waals surface area contributed by atoms with Crippen LogP contribution in [0.3, 0.4) is 0 Å². The first-order valence-corrected chi connectivity index (χ1v) is 3.22. The molecule has 0 spiro atoms. The lowest BCUT2D eigenvalue weighted by Gasteiger charge is -1.97. The summed E-state index contributed by atoms with van der Waals surface area (Å²) in [6.45, 7) is 0. The van der Waals surface area contributed by atoms with Gasteiger partial charge in [0, 0.05) is 0 Å². The second kappa shape index (κ2) is 3.14. The van der Waals surface area contributed by atoms with Gasteiger partial charge in [-0.2, -0.15) is 0 Å². The minimum absolute atomic E-state index is 0.0350. The Bertz CT molecular complexity index is 273. The highest BCUT2D eigenvalue weighted by atomic mass is 19.1. The third kappa shape index (κ3) is 2.04. The van der Waals surface area contributed by atoms with Crippen LogP contribution in [-0.2, 0) is 11.2 Å². The lowest BCUT2D eigenvalue weighted by Crippen LogP contribution is -2.14. The molecule has 0 aromatic heterocycles. The van der Waals surface area contributed by atoms with E-state index in [4.69, 9.17) is 5.73 Å². The van der Waals surface area contributed by atoms with Crippen molar-refractivity contribution < 1.29 is 9.18 Å². The maximum atomic E-state index is 12.7. The molecule has 3 heteroatoms. The molecule has 2 nitrogen and oxygen atoms in total. The molecule has 58 valence electrons. The smallest absolute Gasteiger partial charge is 0.221 e. The van der Waals surface area contributed by atoms with Gasteiger partial charge in [0.2, 0.25) is 5.91 Å². The summed E-state index contributed by atoms with van der Waals surface area (Å²) in [6.07, 6.45) is -0.0350. The van der Waals surface area contributed by atoms with Gasteiger partial charge in [-0.1, -0.05) is 18.2 Å². The van der Waals surface area contributed by atoms with Crippen molar-refractivity contribution in [1.29, 1.82) is 0 Å². The minimum atomic E-state index is -0.518. The van der Waals surface area contributed by atoms with Crippen LogP contribution in [0.2, 0.25) is 0 Å². The van der Waals surface area contributed by atoms with Crippen molar-refractivity contribution >= 4 is 5.91 Å². The van der Waals surface area contributed by atoms with Crippen LogP contribution < -0.4 is 5.73 Å². The van der Waals surface area contributed by atoms with Crippen LogP contribution in [0.25, 0.3) is 0 Å². The van der Waals surface area contributed by atoms with Crippen LogP contribution in [0, 0.1) is 5.82 Å². The molecular formula is C8H8FNO. The second-order valence-corrected chi connectivity index (χ2v) is 2.23. The average molecular weight is 153 g/mol. The van der Waals surface area contributed by atoms with Crippen molar-refractivity contribution in [3.63, 3.8) is 0 Å². The summed E-state index contributed by atoms with van der Waals surface area (Å²) in [5.41, 5.74) is 5.23. The fourth-order valence-corrected chi connectivity index (χ4v) is 0.829. The monoisotopic (exact) mass is 153 g/mol. The highest BCUT2D eigenvalue weighted by Gasteiger charge is 2.02. The molecule has 11 heavy (non-hydrogen) atoms. The minimum Gasteiger partial charge on any atom is -0.369 e. The number of amides is 1. The third-order valence-electron chi connectivity index (χ3n) is 1.32. The summed E-state index contributed by atoms with van der Waals surface area (Å²) in [5.74, 6) is -0.901. The van der Waals surface area contributed by atoms with E-state index in [0.29, 0.717) is 5.56 Å². The lowest BCUT2D eigenvalue weighted by molar-refractivity contribution is -0.117. The van der Waals surface area contributed by atoms with Crippen LogP contribution in [0.4, 0.5) is 4.39 Å². The molecule has 0 radical (unpaired) electrons. The van der Waals surface area contributed by atoms with E-state index >= 15 is 0 Å². The molecule has 0 unspecified atom stereocenters. The number of rotatable bonds is 2. The number of halogens is 1. The molecule has 0 aliphatic carbocycles. The van der Waals surface area contributed by atoms with Crippen LogP contribution >= 0.6 is 0 Å². The third-order valence-corrected chi connectivity index (χ3v) is 1.32. The van der Waals surface area contributed by atoms with Crippen LogP contribution in [0.5, 0.6) is 0 Å². The Morgan fingerprint density at radius 1 is 1.45 bits per heavy atom. The zero-order valence-electron chi connectivity index (χ0n) is 5.88. The van der Waals surface area contributed by atoms with E-state index in [1.165, 1.54) is 6.07 Å². The zero-order valence-corrected chi connectivity index (χ0v) is 5.88. The van der Waals surface area contributed by atoms with Crippen molar-refractivity contribution in [3.05, 3.63) is 35.6 Å². The predicted molar refractivity (Wildman–Crippen MR) is 39.3 cm³/mol. The maximum absolute atomic E-state index is 12.7. The SMILES string of the molecule is NC(=O)Cc1ccccc1F. The number of carbonyl (C=O) groups is 1. The molecule has 0 aliphatic heterocycles. The van der Waals surface area contributed by atoms with E-state index < -0.39 is 5.91 Å². The topological polar surface area (TPSA) is 43.1 Å². The molecule has 1 rings (SSSR count). The number of benzene rings is 1. The number of nitrogens with two attached hydrogens (primary N) is 1.